The summed E-state index contributed by atoms with van der Waals surface area (Å²) < 4.78 is 5.90. The van der Waals surface area contributed by atoms with Gasteiger partial charge in [-0.1, -0.05) is 6.07 Å². The third-order valence-electron chi connectivity index (χ3n) is 4.57. The summed E-state index contributed by atoms with van der Waals surface area (Å²) >= 11 is 0. The molecule has 25 heavy (non-hydrogen) atoms. The second-order valence-corrected chi connectivity index (χ2v) is 6.43. The van der Waals surface area contributed by atoms with Gasteiger partial charge >= 0.3 is 0 Å². The minimum Gasteiger partial charge on any atom is -0.472 e. The van der Waals surface area contributed by atoms with Crippen molar-refractivity contribution in [1.82, 2.24) is 9.88 Å². The fourth-order valence-corrected chi connectivity index (χ4v) is 2.99. The van der Waals surface area contributed by atoms with Crippen LogP contribution in [0.25, 0.3) is 0 Å². The Balaban J connectivity index is 1.69. The molecular weight excluding hydrogens is 314 g/mol. The van der Waals surface area contributed by atoms with E-state index >= 15 is 0 Å². The summed E-state index contributed by atoms with van der Waals surface area (Å²) in [7, 11) is 0. The van der Waals surface area contributed by atoms with Crippen molar-refractivity contribution in [3.63, 3.8) is 0 Å². The molecule has 5 nitrogen and oxygen atoms in total. The minimum absolute atomic E-state index is 0.0372. The zero-order valence-electron chi connectivity index (χ0n) is 14.5. The Morgan fingerprint density at radius 1 is 1.28 bits per heavy atom. The van der Waals surface area contributed by atoms with E-state index in [2.05, 4.69) is 11.1 Å². The monoisotopic (exact) mass is 335 g/mol. The van der Waals surface area contributed by atoms with Crippen LogP contribution in [0.15, 0.2) is 36.5 Å². The van der Waals surface area contributed by atoms with Crippen molar-refractivity contribution in [3.8, 4) is 11.9 Å². The molecule has 1 unspecified atom stereocenters. The fraction of sp³-hybridized carbons (Fsp3) is 0.350. The zero-order chi connectivity index (χ0) is 17.8. The van der Waals surface area contributed by atoms with E-state index in [0.717, 1.165) is 24.9 Å². The second-order valence-electron chi connectivity index (χ2n) is 6.43. The maximum atomic E-state index is 12.8. The number of aryl methyl sites for hydroxylation is 2. The molecule has 1 fully saturated rings. The van der Waals surface area contributed by atoms with Crippen LogP contribution in [0, 0.1) is 25.2 Å². The van der Waals surface area contributed by atoms with E-state index < -0.39 is 0 Å². The summed E-state index contributed by atoms with van der Waals surface area (Å²) in [5.74, 6) is 0.472. The first-order valence-electron chi connectivity index (χ1n) is 8.46. The summed E-state index contributed by atoms with van der Waals surface area (Å²) in [5, 5.41) is 8.96. The van der Waals surface area contributed by atoms with Crippen LogP contribution in [0.5, 0.6) is 5.88 Å². The topological polar surface area (TPSA) is 66.2 Å². The molecule has 0 saturated carbocycles. The van der Waals surface area contributed by atoms with Crippen LogP contribution < -0.4 is 4.74 Å². The molecule has 1 saturated heterocycles. The number of hydrogen-bond acceptors (Lipinski definition) is 4. The van der Waals surface area contributed by atoms with E-state index in [4.69, 9.17) is 10.00 Å². The van der Waals surface area contributed by atoms with Crippen molar-refractivity contribution >= 4 is 5.91 Å². The zero-order valence-corrected chi connectivity index (χ0v) is 14.5. The van der Waals surface area contributed by atoms with Crippen molar-refractivity contribution in [2.24, 2.45) is 0 Å². The van der Waals surface area contributed by atoms with E-state index in [9.17, 15) is 4.79 Å². The smallest absolute Gasteiger partial charge is 0.253 e. The molecule has 3 rings (SSSR count). The lowest BCUT2D eigenvalue weighted by Crippen LogP contribution is -2.44. The van der Waals surface area contributed by atoms with Gasteiger partial charge in [0.15, 0.2) is 0 Å². The number of rotatable bonds is 3. The van der Waals surface area contributed by atoms with Crippen molar-refractivity contribution in [3.05, 3.63) is 58.8 Å². The van der Waals surface area contributed by atoms with Gasteiger partial charge in [0.2, 0.25) is 5.88 Å². The number of ether oxygens (including phenoxy) is 1. The average molecular weight is 335 g/mol. The molecule has 128 valence electrons. The molecule has 5 heteroatoms. The molecule has 1 atom stereocenters. The highest BCUT2D eigenvalue weighted by Crippen LogP contribution is 2.20. The Labute approximate surface area is 147 Å². The summed E-state index contributed by atoms with van der Waals surface area (Å²) in [6, 6.07) is 11.2. The Bertz CT molecular complexity index is 826. The van der Waals surface area contributed by atoms with Gasteiger partial charge in [0.05, 0.1) is 18.2 Å². The van der Waals surface area contributed by atoms with Gasteiger partial charge in [0.25, 0.3) is 5.91 Å². The standard InChI is InChI=1S/C20H21N3O2/c1-14-5-6-17(10-15(14)2)20(24)23-9-3-4-18(13-23)25-19-11-16(12-21)7-8-22-19/h5-8,10-11,18H,3-4,9,13H2,1-2H3. The number of hydrogen-bond donors (Lipinski definition) is 0. The number of carbonyl (C=O) groups excluding carboxylic acids is 1. The maximum absolute atomic E-state index is 12.8. The molecule has 1 aromatic carbocycles. The molecule has 0 bridgehead atoms. The normalized spacial score (nSPS) is 17.0. The van der Waals surface area contributed by atoms with Gasteiger partial charge in [0.1, 0.15) is 6.10 Å². The highest BCUT2D eigenvalue weighted by atomic mass is 16.5. The summed E-state index contributed by atoms with van der Waals surface area (Å²) in [6.45, 7) is 5.32. The average Bonchev–Trinajstić information content (AvgIpc) is 2.64. The van der Waals surface area contributed by atoms with Gasteiger partial charge in [-0.15, -0.1) is 0 Å². The molecule has 2 aromatic rings. The molecular formula is C20H21N3O2. The van der Waals surface area contributed by atoms with E-state index in [-0.39, 0.29) is 12.0 Å². The Kier molecular flexibility index (Phi) is 4.99. The molecule has 1 amide bonds. The lowest BCUT2D eigenvalue weighted by Gasteiger charge is -2.32. The molecule has 0 spiro atoms. The summed E-state index contributed by atoms with van der Waals surface area (Å²) in [6.07, 6.45) is 3.22. The highest BCUT2D eigenvalue weighted by Gasteiger charge is 2.26. The molecule has 0 N–H and O–H groups in total. The Hall–Kier alpha value is -2.87. The van der Waals surface area contributed by atoms with Gasteiger partial charge in [-0.05, 0) is 56.0 Å². The number of benzene rings is 1. The van der Waals surface area contributed by atoms with Gasteiger partial charge in [-0.2, -0.15) is 5.26 Å². The number of pyridine rings is 1. The number of likely N-dealkylation sites (tertiary alicyclic amines) is 1. The first kappa shape index (κ1) is 17.0. The fourth-order valence-electron chi connectivity index (χ4n) is 2.99. The predicted octanol–water partition coefficient (Wildman–Crippen LogP) is 3.25. The van der Waals surface area contributed by atoms with E-state index in [1.807, 2.05) is 36.9 Å². The summed E-state index contributed by atoms with van der Waals surface area (Å²) in [5.41, 5.74) is 3.53. The molecule has 1 aromatic heterocycles. The minimum atomic E-state index is -0.106. The number of amides is 1. The Morgan fingerprint density at radius 2 is 2.12 bits per heavy atom. The van der Waals surface area contributed by atoms with Crippen molar-refractivity contribution in [2.45, 2.75) is 32.8 Å². The lowest BCUT2D eigenvalue weighted by atomic mass is 10.0. The van der Waals surface area contributed by atoms with E-state index in [1.165, 1.54) is 5.56 Å². The number of piperidine rings is 1. The lowest BCUT2D eigenvalue weighted by molar-refractivity contribution is 0.0527. The van der Waals surface area contributed by atoms with Crippen LogP contribution in [0.1, 0.15) is 39.9 Å². The largest absolute Gasteiger partial charge is 0.472 e. The predicted molar refractivity (Wildman–Crippen MR) is 94.4 cm³/mol. The van der Waals surface area contributed by atoms with Gasteiger partial charge < -0.3 is 9.64 Å². The second kappa shape index (κ2) is 7.35. The first-order chi connectivity index (χ1) is 12.1. The van der Waals surface area contributed by atoms with Gasteiger partial charge in [-0.25, -0.2) is 4.98 Å². The van der Waals surface area contributed by atoms with E-state index in [0.29, 0.717) is 23.6 Å². The molecule has 0 radical (unpaired) electrons. The summed E-state index contributed by atoms with van der Waals surface area (Å²) in [4.78, 5) is 18.8. The number of carbonyl (C=O) groups is 1. The van der Waals surface area contributed by atoms with Crippen molar-refractivity contribution in [1.29, 1.82) is 5.26 Å². The Morgan fingerprint density at radius 3 is 2.88 bits per heavy atom. The maximum Gasteiger partial charge on any atom is 0.253 e. The molecule has 1 aliphatic rings. The molecule has 0 aliphatic carbocycles. The number of nitriles is 1. The SMILES string of the molecule is Cc1ccc(C(=O)N2CCCC(Oc3cc(C#N)ccn3)C2)cc1C. The van der Waals surface area contributed by atoms with Crippen LogP contribution in [0.4, 0.5) is 0 Å². The third kappa shape index (κ3) is 3.97. The van der Waals surface area contributed by atoms with Crippen molar-refractivity contribution in [2.75, 3.05) is 13.1 Å². The van der Waals surface area contributed by atoms with Crippen LogP contribution in [0.3, 0.4) is 0 Å². The van der Waals surface area contributed by atoms with Gasteiger partial charge in [0, 0.05) is 24.4 Å². The van der Waals surface area contributed by atoms with Crippen molar-refractivity contribution < 1.29 is 9.53 Å². The molecule has 1 aliphatic heterocycles. The van der Waals surface area contributed by atoms with E-state index in [1.54, 1.807) is 18.3 Å². The number of nitrogens with zero attached hydrogens (tertiary/aromatic N) is 3. The number of aromatic nitrogens is 1. The van der Waals surface area contributed by atoms with Crippen LogP contribution in [-0.4, -0.2) is 35.0 Å². The van der Waals surface area contributed by atoms with Crippen LogP contribution >= 0.6 is 0 Å². The quantitative estimate of drug-likeness (QED) is 0.863. The molecule has 2 heterocycles. The first-order valence-corrected chi connectivity index (χ1v) is 8.46. The highest BCUT2D eigenvalue weighted by molar-refractivity contribution is 5.94. The van der Waals surface area contributed by atoms with Gasteiger partial charge in [-0.3, -0.25) is 4.79 Å². The van der Waals surface area contributed by atoms with Crippen LogP contribution in [-0.2, 0) is 0 Å². The third-order valence-corrected chi connectivity index (χ3v) is 4.57. The van der Waals surface area contributed by atoms with Crippen LogP contribution in [0.2, 0.25) is 0 Å².